The van der Waals surface area contributed by atoms with Gasteiger partial charge >= 0.3 is 0 Å². The van der Waals surface area contributed by atoms with E-state index >= 15 is 0 Å². The second kappa shape index (κ2) is 4.75. The van der Waals surface area contributed by atoms with Crippen LogP contribution in [0.5, 0.6) is 5.75 Å². The molecule has 0 spiro atoms. The highest BCUT2D eigenvalue weighted by Gasteiger charge is 2.31. The lowest BCUT2D eigenvalue weighted by molar-refractivity contribution is -0.132. The third kappa shape index (κ3) is 2.42. The van der Waals surface area contributed by atoms with Crippen molar-refractivity contribution in [1.82, 2.24) is 4.90 Å². The van der Waals surface area contributed by atoms with Crippen LogP contribution in [0.3, 0.4) is 0 Å². The van der Waals surface area contributed by atoms with Crippen molar-refractivity contribution in [3.63, 3.8) is 0 Å². The smallest absolute Gasteiger partial charge is 0.263 e. The van der Waals surface area contributed by atoms with Crippen LogP contribution >= 0.6 is 0 Å². The molecule has 0 aromatic heterocycles. The highest BCUT2D eigenvalue weighted by Crippen LogP contribution is 2.27. The van der Waals surface area contributed by atoms with Crippen molar-refractivity contribution in [2.45, 2.75) is 25.6 Å². The zero-order valence-corrected chi connectivity index (χ0v) is 10.1. The molecule has 17 heavy (non-hydrogen) atoms. The fourth-order valence-electron chi connectivity index (χ4n) is 1.99. The van der Waals surface area contributed by atoms with Crippen molar-refractivity contribution in [1.29, 1.82) is 0 Å². The lowest BCUT2D eigenvalue weighted by atomic mass is 10.1. The molecule has 1 N–H and O–H groups in total. The summed E-state index contributed by atoms with van der Waals surface area (Å²) in [6, 6.07) is 7.28. The second-order valence-corrected chi connectivity index (χ2v) is 4.37. The molecule has 1 aromatic rings. The molecule has 0 saturated carbocycles. The van der Waals surface area contributed by atoms with Crippen LogP contribution in [0.4, 0.5) is 0 Å². The van der Waals surface area contributed by atoms with Gasteiger partial charge in [-0.05, 0) is 13.0 Å². The van der Waals surface area contributed by atoms with Crippen LogP contribution < -0.4 is 4.74 Å². The summed E-state index contributed by atoms with van der Waals surface area (Å²) < 4.78 is 5.70. The Morgan fingerprint density at radius 3 is 2.76 bits per heavy atom. The van der Waals surface area contributed by atoms with Gasteiger partial charge in [0, 0.05) is 25.6 Å². The Morgan fingerprint density at radius 1 is 1.47 bits per heavy atom. The third-order valence-electron chi connectivity index (χ3n) is 3.02. The first kappa shape index (κ1) is 11.9. The monoisotopic (exact) mass is 235 g/mol. The van der Waals surface area contributed by atoms with E-state index < -0.39 is 12.2 Å². The maximum atomic E-state index is 11.7. The summed E-state index contributed by atoms with van der Waals surface area (Å²) in [5.41, 5.74) is 0.717. The molecule has 0 aliphatic carbocycles. The average Bonchev–Trinajstić information content (AvgIpc) is 2.61. The van der Waals surface area contributed by atoms with Gasteiger partial charge in [0.05, 0.1) is 6.10 Å². The van der Waals surface area contributed by atoms with Crippen LogP contribution in [-0.4, -0.2) is 35.6 Å². The molecule has 2 atom stereocenters. The number of carbonyl (C=O) groups excluding carboxylic acids is 1. The molecule has 1 aliphatic heterocycles. The van der Waals surface area contributed by atoms with Gasteiger partial charge in [-0.2, -0.15) is 0 Å². The Balaban J connectivity index is 2.16. The van der Waals surface area contributed by atoms with E-state index in [4.69, 9.17) is 4.74 Å². The molecular formula is C13H17NO3. The molecule has 1 aliphatic rings. The van der Waals surface area contributed by atoms with E-state index in [2.05, 4.69) is 0 Å². The van der Waals surface area contributed by atoms with Crippen molar-refractivity contribution in [3.8, 4) is 5.75 Å². The summed E-state index contributed by atoms with van der Waals surface area (Å²) in [6.45, 7) is 2.41. The van der Waals surface area contributed by atoms with Crippen LogP contribution in [0.1, 0.15) is 25.0 Å². The lowest BCUT2D eigenvalue weighted by Gasteiger charge is -2.17. The highest BCUT2D eigenvalue weighted by molar-refractivity contribution is 5.83. The zero-order valence-electron chi connectivity index (χ0n) is 10.1. The number of carbonyl (C=O) groups is 1. The predicted octanol–water partition coefficient (Wildman–Crippen LogP) is 1.35. The number of nitrogens with zero attached hydrogens (tertiary/aromatic N) is 1. The van der Waals surface area contributed by atoms with Crippen LogP contribution in [0, 0.1) is 0 Å². The van der Waals surface area contributed by atoms with E-state index in [0.29, 0.717) is 12.2 Å². The van der Waals surface area contributed by atoms with Crippen molar-refractivity contribution in [2.24, 2.45) is 0 Å². The first-order chi connectivity index (χ1) is 8.09. The Labute approximate surface area is 101 Å². The van der Waals surface area contributed by atoms with Crippen LogP contribution in [-0.2, 0) is 4.79 Å². The Bertz CT molecular complexity index is 417. The van der Waals surface area contributed by atoms with E-state index in [0.717, 1.165) is 12.1 Å². The summed E-state index contributed by atoms with van der Waals surface area (Å²) in [6.07, 6.45) is -0.316. The van der Waals surface area contributed by atoms with Crippen LogP contribution in [0.15, 0.2) is 24.3 Å². The Hall–Kier alpha value is -1.55. The van der Waals surface area contributed by atoms with Crippen molar-refractivity contribution in [3.05, 3.63) is 29.8 Å². The first-order valence-electron chi connectivity index (χ1n) is 5.78. The summed E-state index contributed by atoms with van der Waals surface area (Å²) in [4.78, 5) is 13.4. The average molecular weight is 235 g/mol. The normalized spacial score (nSPS) is 21.7. The van der Waals surface area contributed by atoms with Gasteiger partial charge in [0.25, 0.3) is 5.91 Å². The first-order valence-corrected chi connectivity index (χ1v) is 5.78. The van der Waals surface area contributed by atoms with E-state index in [1.807, 2.05) is 18.2 Å². The second-order valence-electron chi connectivity index (χ2n) is 4.37. The van der Waals surface area contributed by atoms with Gasteiger partial charge in [0.1, 0.15) is 5.75 Å². The highest BCUT2D eigenvalue weighted by atomic mass is 16.5. The van der Waals surface area contributed by atoms with Gasteiger partial charge in [0.15, 0.2) is 6.10 Å². The van der Waals surface area contributed by atoms with E-state index in [-0.39, 0.29) is 5.91 Å². The number of aliphatic hydroxyl groups excluding tert-OH is 1. The summed E-state index contributed by atoms with van der Waals surface area (Å²) in [5, 5.41) is 9.62. The number of para-hydroxylation sites is 1. The van der Waals surface area contributed by atoms with E-state index in [1.54, 1.807) is 24.9 Å². The van der Waals surface area contributed by atoms with Gasteiger partial charge in [-0.15, -0.1) is 0 Å². The SMILES string of the molecule is CC(O)c1ccccc1OC1CCN(C)C1=O. The molecule has 1 aromatic carbocycles. The topological polar surface area (TPSA) is 49.8 Å². The van der Waals surface area contributed by atoms with E-state index in [9.17, 15) is 9.90 Å². The molecular weight excluding hydrogens is 218 g/mol. The molecule has 2 unspecified atom stereocenters. The summed E-state index contributed by atoms with van der Waals surface area (Å²) in [5.74, 6) is 0.599. The zero-order chi connectivity index (χ0) is 12.4. The molecule has 92 valence electrons. The van der Waals surface area contributed by atoms with Gasteiger partial charge in [-0.1, -0.05) is 18.2 Å². The molecule has 0 radical (unpaired) electrons. The van der Waals surface area contributed by atoms with Gasteiger partial charge < -0.3 is 14.7 Å². The molecule has 0 bridgehead atoms. The Kier molecular flexibility index (Phi) is 3.33. The largest absolute Gasteiger partial charge is 0.480 e. The molecule has 1 saturated heterocycles. The number of likely N-dealkylation sites (N-methyl/N-ethyl adjacent to an activating group) is 1. The number of benzene rings is 1. The van der Waals surface area contributed by atoms with E-state index in [1.165, 1.54) is 0 Å². The number of aliphatic hydroxyl groups is 1. The summed E-state index contributed by atoms with van der Waals surface area (Å²) in [7, 11) is 1.77. The van der Waals surface area contributed by atoms with Crippen LogP contribution in [0.2, 0.25) is 0 Å². The number of amides is 1. The fourth-order valence-corrected chi connectivity index (χ4v) is 1.99. The van der Waals surface area contributed by atoms with Crippen molar-refractivity contribution >= 4 is 5.91 Å². The van der Waals surface area contributed by atoms with Gasteiger partial charge in [-0.3, -0.25) is 4.79 Å². The van der Waals surface area contributed by atoms with Gasteiger partial charge in [0.2, 0.25) is 0 Å². The molecule has 4 heteroatoms. The number of rotatable bonds is 3. The predicted molar refractivity (Wildman–Crippen MR) is 63.7 cm³/mol. The minimum atomic E-state index is -0.597. The maximum absolute atomic E-state index is 11.7. The molecule has 1 heterocycles. The Morgan fingerprint density at radius 2 is 2.18 bits per heavy atom. The van der Waals surface area contributed by atoms with Gasteiger partial charge in [-0.25, -0.2) is 0 Å². The number of hydrogen-bond donors (Lipinski definition) is 1. The number of likely N-dealkylation sites (tertiary alicyclic amines) is 1. The van der Waals surface area contributed by atoms with Crippen molar-refractivity contribution in [2.75, 3.05) is 13.6 Å². The summed E-state index contributed by atoms with van der Waals surface area (Å²) >= 11 is 0. The number of hydrogen-bond acceptors (Lipinski definition) is 3. The molecule has 1 amide bonds. The minimum absolute atomic E-state index is 0.00500. The molecule has 1 fully saturated rings. The number of ether oxygens (including phenoxy) is 1. The third-order valence-corrected chi connectivity index (χ3v) is 3.02. The molecule has 4 nitrogen and oxygen atoms in total. The lowest BCUT2D eigenvalue weighted by Crippen LogP contribution is -2.29. The minimum Gasteiger partial charge on any atom is -0.480 e. The van der Waals surface area contributed by atoms with Crippen molar-refractivity contribution < 1.29 is 14.6 Å². The van der Waals surface area contributed by atoms with Crippen LogP contribution in [0.25, 0.3) is 0 Å². The molecule has 2 rings (SSSR count). The standard InChI is InChI=1S/C13H17NO3/c1-9(15)10-5-3-4-6-11(10)17-12-7-8-14(2)13(12)16/h3-6,9,12,15H,7-8H2,1-2H3. The maximum Gasteiger partial charge on any atom is 0.263 e. The quantitative estimate of drug-likeness (QED) is 0.860. The fraction of sp³-hybridized carbons (Fsp3) is 0.462.